The number of hydrogen-bond acceptors (Lipinski definition) is 4. The Morgan fingerprint density at radius 2 is 1.12 bits per heavy atom. The number of ether oxygens (including phenoxy) is 2. The molecular weight excluding hydrogens is 304 g/mol. The lowest BCUT2D eigenvalue weighted by Gasteiger charge is -1.99. The number of esters is 2. The van der Waals surface area contributed by atoms with Crippen LogP contribution in [-0.4, -0.2) is 26.2 Å². The monoisotopic (exact) mass is 324 g/mol. The van der Waals surface area contributed by atoms with E-state index in [2.05, 4.69) is 9.47 Å². The van der Waals surface area contributed by atoms with Crippen LogP contribution < -0.4 is 0 Å². The minimum absolute atomic E-state index is 0.390. The molecule has 124 valence electrons. The molecule has 0 saturated carbocycles. The van der Waals surface area contributed by atoms with E-state index in [9.17, 15) is 9.59 Å². The van der Waals surface area contributed by atoms with Crippen molar-refractivity contribution in [2.75, 3.05) is 14.2 Å². The molecule has 0 amide bonds. The molecule has 0 atom stereocenters. The summed E-state index contributed by atoms with van der Waals surface area (Å²) in [6, 6.07) is 7.85. The largest absolute Gasteiger partial charge is 0.466 e. The van der Waals surface area contributed by atoms with E-state index < -0.39 is 5.97 Å². The van der Waals surface area contributed by atoms with Crippen molar-refractivity contribution < 1.29 is 19.1 Å². The molecule has 0 aliphatic rings. The highest BCUT2D eigenvalue weighted by Gasteiger charge is 1.93. The Balaban J connectivity index is 2.71. The summed E-state index contributed by atoms with van der Waals surface area (Å²) < 4.78 is 9.01. The van der Waals surface area contributed by atoms with Gasteiger partial charge in [0.05, 0.1) is 14.2 Å². The maximum atomic E-state index is 11.0. The number of rotatable bonds is 7. The first-order valence-corrected chi connectivity index (χ1v) is 7.28. The molecule has 0 N–H and O–H groups in total. The molecule has 4 heteroatoms. The summed E-state index contributed by atoms with van der Waals surface area (Å²) in [5, 5.41) is 0. The lowest BCUT2D eigenvalue weighted by atomic mass is 10.1. The SMILES string of the molecule is COC(=O)/C=C/C=C/C=C/c1ccccc1/C=C/C=C/C(=O)OC. The average molecular weight is 324 g/mol. The van der Waals surface area contributed by atoms with Crippen molar-refractivity contribution in [3.63, 3.8) is 0 Å². The van der Waals surface area contributed by atoms with Gasteiger partial charge in [0, 0.05) is 12.2 Å². The molecule has 1 aromatic rings. The summed E-state index contributed by atoms with van der Waals surface area (Å²) in [6.45, 7) is 0. The minimum atomic E-state index is -0.391. The van der Waals surface area contributed by atoms with E-state index in [-0.39, 0.29) is 5.97 Å². The zero-order valence-electron chi connectivity index (χ0n) is 13.7. The van der Waals surface area contributed by atoms with Crippen LogP contribution in [0.2, 0.25) is 0 Å². The predicted molar refractivity (Wildman–Crippen MR) is 96.0 cm³/mol. The molecule has 0 radical (unpaired) electrons. The minimum Gasteiger partial charge on any atom is -0.466 e. The molecule has 0 fully saturated rings. The van der Waals surface area contributed by atoms with E-state index in [1.54, 1.807) is 24.3 Å². The molecule has 1 rings (SSSR count). The fourth-order valence-corrected chi connectivity index (χ4v) is 1.67. The van der Waals surface area contributed by atoms with Crippen LogP contribution in [0.3, 0.4) is 0 Å². The molecular formula is C20H20O4. The molecule has 0 saturated heterocycles. The van der Waals surface area contributed by atoms with E-state index in [0.717, 1.165) is 11.1 Å². The summed E-state index contributed by atoms with van der Waals surface area (Å²) in [7, 11) is 2.67. The smallest absolute Gasteiger partial charge is 0.330 e. The van der Waals surface area contributed by atoms with E-state index in [4.69, 9.17) is 0 Å². The van der Waals surface area contributed by atoms with Gasteiger partial charge in [-0.1, -0.05) is 72.9 Å². The van der Waals surface area contributed by atoms with Gasteiger partial charge in [-0.2, -0.15) is 0 Å². The number of carbonyl (C=O) groups excluding carboxylic acids is 2. The lowest BCUT2D eigenvalue weighted by Crippen LogP contribution is -1.92. The maximum absolute atomic E-state index is 11.0. The van der Waals surface area contributed by atoms with Crippen LogP contribution in [0.25, 0.3) is 12.2 Å². The third-order valence-corrected chi connectivity index (χ3v) is 2.86. The summed E-state index contributed by atoms with van der Waals surface area (Å²) in [5.41, 5.74) is 2.04. The highest BCUT2D eigenvalue weighted by atomic mass is 16.5. The quantitative estimate of drug-likeness (QED) is 0.436. The molecule has 1 aromatic carbocycles. The van der Waals surface area contributed by atoms with Gasteiger partial charge >= 0.3 is 11.9 Å². The van der Waals surface area contributed by atoms with Crippen molar-refractivity contribution in [3.05, 3.63) is 84.0 Å². The first-order chi connectivity index (χ1) is 11.7. The molecule has 0 aliphatic heterocycles. The first-order valence-electron chi connectivity index (χ1n) is 7.28. The molecule has 0 bridgehead atoms. The van der Waals surface area contributed by atoms with Gasteiger partial charge < -0.3 is 9.47 Å². The summed E-state index contributed by atoms with van der Waals surface area (Å²) >= 11 is 0. The topological polar surface area (TPSA) is 52.6 Å². The highest BCUT2D eigenvalue weighted by molar-refractivity contribution is 5.82. The van der Waals surface area contributed by atoms with E-state index in [1.165, 1.54) is 26.4 Å². The fraction of sp³-hybridized carbons (Fsp3) is 0.100. The predicted octanol–water partition coefficient (Wildman–Crippen LogP) is 3.73. The Labute approximate surface area is 142 Å². The van der Waals surface area contributed by atoms with Crippen molar-refractivity contribution in [1.29, 1.82) is 0 Å². The van der Waals surface area contributed by atoms with Crippen LogP contribution in [0.15, 0.2) is 72.9 Å². The summed E-state index contributed by atoms with van der Waals surface area (Å²) in [5.74, 6) is -0.780. The van der Waals surface area contributed by atoms with Gasteiger partial charge in [-0.05, 0) is 11.1 Å². The van der Waals surface area contributed by atoms with Crippen LogP contribution >= 0.6 is 0 Å². The summed E-state index contributed by atoms with van der Waals surface area (Å²) in [6.07, 6.45) is 17.0. The van der Waals surface area contributed by atoms with Gasteiger partial charge in [0.15, 0.2) is 0 Å². The zero-order valence-corrected chi connectivity index (χ0v) is 13.7. The highest BCUT2D eigenvalue weighted by Crippen LogP contribution is 2.12. The second-order valence-electron chi connectivity index (χ2n) is 4.50. The van der Waals surface area contributed by atoms with E-state index in [1.807, 2.05) is 48.6 Å². The molecule has 0 unspecified atom stereocenters. The van der Waals surface area contributed by atoms with Gasteiger partial charge in [0.2, 0.25) is 0 Å². The van der Waals surface area contributed by atoms with Gasteiger partial charge in [-0.3, -0.25) is 0 Å². The van der Waals surface area contributed by atoms with Crippen molar-refractivity contribution in [2.45, 2.75) is 0 Å². The van der Waals surface area contributed by atoms with Crippen LogP contribution in [-0.2, 0) is 19.1 Å². The first kappa shape index (κ1) is 18.9. The van der Waals surface area contributed by atoms with Crippen molar-refractivity contribution in [2.24, 2.45) is 0 Å². The second-order valence-corrected chi connectivity index (χ2v) is 4.50. The molecule has 0 spiro atoms. The lowest BCUT2D eigenvalue weighted by molar-refractivity contribution is -0.135. The Kier molecular flexibility index (Phi) is 9.01. The Morgan fingerprint density at radius 3 is 1.62 bits per heavy atom. The fourth-order valence-electron chi connectivity index (χ4n) is 1.67. The van der Waals surface area contributed by atoms with E-state index >= 15 is 0 Å². The maximum Gasteiger partial charge on any atom is 0.330 e. The van der Waals surface area contributed by atoms with Gasteiger partial charge in [0.1, 0.15) is 0 Å². The summed E-state index contributed by atoms with van der Waals surface area (Å²) in [4.78, 5) is 21.9. The van der Waals surface area contributed by atoms with Crippen LogP contribution in [0.5, 0.6) is 0 Å². The zero-order chi connectivity index (χ0) is 17.6. The van der Waals surface area contributed by atoms with Crippen molar-refractivity contribution >= 4 is 24.1 Å². The normalized spacial score (nSPS) is 12.1. The molecule has 0 heterocycles. The molecule has 4 nitrogen and oxygen atoms in total. The standard InChI is InChI=1S/C20H20O4/c1-23-19(21)15-6-4-3-5-11-17-12-7-8-13-18(17)14-9-10-16-20(22)24-2/h3-16H,1-2H3/b4-3+,11-5+,14-9+,15-6+,16-10+. The Hall–Kier alpha value is -3.14. The van der Waals surface area contributed by atoms with Crippen LogP contribution in [0, 0.1) is 0 Å². The number of allylic oxidation sites excluding steroid dienone is 6. The van der Waals surface area contributed by atoms with Gasteiger partial charge in [-0.25, -0.2) is 9.59 Å². The third kappa shape index (κ3) is 7.75. The Bertz CT molecular complexity index is 691. The molecule has 0 aliphatic carbocycles. The average Bonchev–Trinajstić information content (AvgIpc) is 2.62. The van der Waals surface area contributed by atoms with Crippen molar-refractivity contribution in [3.8, 4) is 0 Å². The van der Waals surface area contributed by atoms with Gasteiger partial charge in [0.25, 0.3) is 0 Å². The number of methoxy groups -OCH3 is 2. The van der Waals surface area contributed by atoms with Crippen LogP contribution in [0.4, 0.5) is 0 Å². The van der Waals surface area contributed by atoms with Crippen molar-refractivity contribution in [1.82, 2.24) is 0 Å². The Morgan fingerprint density at radius 1 is 0.708 bits per heavy atom. The van der Waals surface area contributed by atoms with Crippen LogP contribution in [0.1, 0.15) is 11.1 Å². The number of hydrogen-bond donors (Lipinski definition) is 0. The number of benzene rings is 1. The number of carbonyl (C=O) groups is 2. The molecule has 24 heavy (non-hydrogen) atoms. The van der Waals surface area contributed by atoms with E-state index in [0.29, 0.717) is 0 Å². The molecule has 0 aromatic heterocycles. The van der Waals surface area contributed by atoms with Gasteiger partial charge in [-0.15, -0.1) is 0 Å². The second kappa shape index (κ2) is 11.4. The third-order valence-electron chi connectivity index (χ3n) is 2.86.